The summed E-state index contributed by atoms with van der Waals surface area (Å²) in [7, 11) is 0. The second-order valence-corrected chi connectivity index (χ2v) is 8.96. The molecule has 2 aromatic carbocycles. The van der Waals surface area contributed by atoms with Crippen molar-refractivity contribution in [2.75, 3.05) is 24.5 Å². The van der Waals surface area contributed by atoms with E-state index in [4.69, 9.17) is 4.98 Å². The van der Waals surface area contributed by atoms with E-state index in [9.17, 15) is 9.59 Å². The average Bonchev–Trinajstić information content (AvgIpc) is 3.34. The predicted octanol–water partition coefficient (Wildman–Crippen LogP) is 3.43. The number of anilines is 1. The molecule has 1 aromatic heterocycles. The van der Waals surface area contributed by atoms with Crippen molar-refractivity contribution >= 4 is 38.5 Å². The minimum atomic E-state index is 0.00917. The normalized spacial score (nSPS) is 18.7. The van der Waals surface area contributed by atoms with Crippen LogP contribution >= 0.6 is 11.3 Å². The van der Waals surface area contributed by atoms with Gasteiger partial charge in [0.1, 0.15) is 0 Å². The molecule has 30 heavy (non-hydrogen) atoms. The van der Waals surface area contributed by atoms with Crippen LogP contribution in [0.3, 0.4) is 0 Å². The molecule has 1 saturated heterocycles. The maximum absolute atomic E-state index is 12.6. The number of para-hydroxylation sites is 1. The first-order valence-corrected chi connectivity index (χ1v) is 11.3. The zero-order chi connectivity index (χ0) is 20.5. The number of hydrogen-bond donors (Lipinski definition) is 1. The smallest absolute Gasteiger partial charge is 0.254 e. The topological polar surface area (TPSA) is 65.5 Å². The van der Waals surface area contributed by atoms with Crippen LogP contribution in [0.5, 0.6) is 0 Å². The van der Waals surface area contributed by atoms with Gasteiger partial charge < -0.3 is 15.1 Å². The Kier molecular flexibility index (Phi) is 5.12. The lowest BCUT2D eigenvalue weighted by Gasteiger charge is -2.33. The molecule has 1 N–H and O–H groups in total. The lowest BCUT2D eigenvalue weighted by atomic mass is 10.1. The second-order valence-electron chi connectivity index (χ2n) is 7.95. The summed E-state index contributed by atoms with van der Waals surface area (Å²) in [5.41, 5.74) is 2.83. The van der Waals surface area contributed by atoms with Crippen LogP contribution in [0.15, 0.2) is 48.5 Å². The SMILES string of the molecule is O=C(CCN1Cc2ccccc2C1=O)N[C@@H]1CCCN(c2nc3ccccc3s2)C1. The summed E-state index contributed by atoms with van der Waals surface area (Å²) in [4.78, 5) is 33.8. The van der Waals surface area contributed by atoms with Crippen LogP contribution < -0.4 is 10.2 Å². The Bertz CT molecular complexity index is 1060. The van der Waals surface area contributed by atoms with Gasteiger partial charge in [0.25, 0.3) is 5.91 Å². The van der Waals surface area contributed by atoms with Crippen LogP contribution in [0.4, 0.5) is 5.13 Å². The number of aromatic nitrogens is 1. The lowest BCUT2D eigenvalue weighted by molar-refractivity contribution is -0.122. The van der Waals surface area contributed by atoms with Crippen molar-refractivity contribution in [1.82, 2.24) is 15.2 Å². The summed E-state index contributed by atoms with van der Waals surface area (Å²) in [6.45, 7) is 2.79. The molecular formula is C23H24N4O2S. The number of amides is 2. The molecule has 1 atom stereocenters. The van der Waals surface area contributed by atoms with Crippen LogP contribution in [-0.2, 0) is 11.3 Å². The minimum Gasteiger partial charge on any atom is -0.352 e. The fourth-order valence-corrected chi connectivity index (χ4v) is 5.30. The summed E-state index contributed by atoms with van der Waals surface area (Å²) in [6.07, 6.45) is 2.33. The number of piperidine rings is 1. The van der Waals surface area contributed by atoms with Crippen molar-refractivity contribution in [3.05, 3.63) is 59.7 Å². The Hall–Kier alpha value is -2.93. The Morgan fingerprint density at radius 3 is 2.87 bits per heavy atom. The Balaban J connectivity index is 1.15. The van der Waals surface area contributed by atoms with Crippen molar-refractivity contribution in [1.29, 1.82) is 0 Å². The van der Waals surface area contributed by atoms with E-state index in [1.807, 2.05) is 42.5 Å². The standard InChI is InChI=1S/C23H24N4O2S/c28-21(11-13-26-14-16-6-1-2-8-18(16)22(26)29)24-17-7-5-12-27(15-17)23-25-19-9-3-4-10-20(19)30-23/h1-4,6,8-10,17H,5,7,11-15H2,(H,24,28)/t17-/m1/s1. The van der Waals surface area contributed by atoms with E-state index < -0.39 is 0 Å². The summed E-state index contributed by atoms with van der Waals surface area (Å²) < 4.78 is 1.19. The zero-order valence-electron chi connectivity index (χ0n) is 16.7. The number of carbonyl (C=O) groups is 2. The Labute approximate surface area is 179 Å². The number of fused-ring (bicyclic) bond motifs is 2. The number of benzene rings is 2. The molecule has 3 aromatic rings. The van der Waals surface area contributed by atoms with Gasteiger partial charge in [-0.25, -0.2) is 4.98 Å². The first-order valence-electron chi connectivity index (χ1n) is 10.4. The number of thiazole rings is 1. The number of carbonyl (C=O) groups excluding carboxylic acids is 2. The van der Waals surface area contributed by atoms with Crippen molar-refractivity contribution in [3.63, 3.8) is 0 Å². The number of nitrogens with one attached hydrogen (secondary N) is 1. The fourth-order valence-electron chi connectivity index (χ4n) is 4.30. The summed E-state index contributed by atoms with van der Waals surface area (Å²) in [5.74, 6) is 0.0352. The van der Waals surface area contributed by atoms with Crippen LogP contribution in [0, 0.1) is 0 Å². The average molecular weight is 421 g/mol. The van der Waals surface area contributed by atoms with Crippen LogP contribution in [0.25, 0.3) is 10.2 Å². The minimum absolute atomic E-state index is 0.00917. The molecule has 2 aliphatic rings. The van der Waals surface area contributed by atoms with Crippen LogP contribution in [0.1, 0.15) is 35.2 Å². The van der Waals surface area contributed by atoms with Gasteiger partial charge in [-0.15, -0.1) is 0 Å². The van der Waals surface area contributed by atoms with E-state index in [1.165, 1.54) is 4.70 Å². The highest BCUT2D eigenvalue weighted by molar-refractivity contribution is 7.22. The van der Waals surface area contributed by atoms with Gasteiger partial charge in [0, 0.05) is 44.2 Å². The lowest BCUT2D eigenvalue weighted by Crippen LogP contribution is -2.48. The zero-order valence-corrected chi connectivity index (χ0v) is 17.5. The molecule has 0 radical (unpaired) electrons. The maximum atomic E-state index is 12.6. The molecule has 0 unspecified atom stereocenters. The Morgan fingerprint density at radius 2 is 2.00 bits per heavy atom. The van der Waals surface area contributed by atoms with Crippen LogP contribution in [-0.4, -0.2) is 47.4 Å². The molecule has 154 valence electrons. The molecule has 1 fully saturated rings. The van der Waals surface area contributed by atoms with Crippen molar-refractivity contribution in [3.8, 4) is 0 Å². The van der Waals surface area contributed by atoms with E-state index in [0.29, 0.717) is 19.5 Å². The van der Waals surface area contributed by atoms with Crippen LogP contribution in [0.2, 0.25) is 0 Å². The highest BCUT2D eigenvalue weighted by atomic mass is 32.1. The van der Waals surface area contributed by atoms with E-state index >= 15 is 0 Å². The van der Waals surface area contributed by atoms with Gasteiger partial charge in [-0.3, -0.25) is 9.59 Å². The third kappa shape index (κ3) is 3.77. The first-order chi connectivity index (χ1) is 14.7. The highest BCUT2D eigenvalue weighted by Crippen LogP contribution is 2.30. The quantitative estimate of drug-likeness (QED) is 0.687. The van der Waals surface area contributed by atoms with Gasteiger partial charge in [-0.2, -0.15) is 0 Å². The number of rotatable bonds is 5. The van der Waals surface area contributed by atoms with Gasteiger partial charge in [-0.1, -0.05) is 41.7 Å². The third-order valence-corrected chi connectivity index (χ3v) is 6.94. The van der Waals surface area contributed by atoms with Crippen molar-refractivity contribution in [2.45, 2.75) is 31.8 Å². The van der Waals surface area contributed by atoms with Crippen molar-refractivity contribution in [2.24, 2.45) is 0 Å². The first kappa shape index (κ1) is 19.1. The highest BCUT2D eigenvalue weighted by Gasteiger charge is 2.28. The second kappa shape index (κ2) is 8.07. The fraction of sp³-hybridized carbons (Fsp3) is 0.348. The van der Waals surface area contributed by atoms with Gasteiger partial charge in [-0.05, 0) is 36.6 Å². The van der Waals surface area contributed by atoms with E-state index in [0.717, 1.165) is 47.7 Å². The number of nitrogens with zero attached hydrogens (tertiary/aromatic N) is 3. The molecule has 2 aliphatic heterocycles. The molecule has 0 saturated carbocycles. The van der Waals surface area contributed by atoms with Gasteiger partial charge in [0.05, 0.1) is 10.2 Å². The largest absolute Gasteiger partial charge is 0.352 e. The molecule has 5 rings (SSSR count). The van der Waals surface area contributed by atoms with Gasteiger partial charge >= 0.3 is 0 Å². The Morgan fingerprint density at radius 1 is 1.17 bits per heavy atom. The molecule has 0 aliphatic carbocycles. The summed E-state index contributed by atoms with van der Waals surface area (Å²) in [5, 5.41) is 4.19. The third-order valence-electron chi connectivity index (χ3n) is 5.84. The maximum Gasteiger partial charge on any atom is 0.254 e. The molecule has 6 nitrogen and oxygen atoms in total. The molecule has 0 spiro atoms. The van der Waals surface area contributed by atoms with Gasteiger partial charge in [0.2, 0.25) is 5.91 Å². The number of hydrogen-bond acceptors (Lipinski definition) is 5. The van der Waals surface area contributed by atoms with Crippen molar-refractivity contribution < 1.29 is 9.59 Å². The molecule has 0 bridgehead atoms. The molecular weight excluding hydrogens is 396 g/mol. The molecule has 2 amide bonds. The summed E-state index contributed by atoms with van der Waals surface area (Å²) in [6, 6.07) is 16.0. The summed E-state index contributed by atoms with van der Waals surface area (Å²) >= 11 is 1.70. The molecule has 3 heterocycles. The van der Waals surface area contributed by atoms with E-state index in [2.05, 4.69) is 16.3 Å². The predicted molar refractivity (Wildman–Crippen MR) is 119 cm³/mol. The monoisotopic (exact) mass is 420 g/mol. The van der Waals surface area contributed by atoms with E-state index in [1.54, 1.807) is 16.2 Å². The van der Waals surface area contributed by atoms with Gasteiger partial charge in [0.15, 0.2) is 5.13 Å². The van der Waals surface area contributed by atoms with E-state index in [-0.39, 0.29) is 17.9 Å². The molecule has 7 heteroatoms.